The summed E-state index contributed by atoms with van der Waals surface area (Å²) >= 11 is 3.39. The van der Waals surface area contributed by atoms with Crippen molar-refractivity contribution in [2.45, 2.75) is 32.2 Å². The molecule has 1 aromatic rings. The van der Waals surface area contributed by atoms with Gasteiger partial charge in [0, 0.05) is 16.9 Å². The summed E-state index contributed by atoms with van der Waals surface area (Å²) in [5, 5.41) is 14.1. The number of aromatic amines is 1. The zero-order valence-corrected chi connectivity index (χ0v) is 11.9. The zero-order chi connectivity index (χ0) is 13.8. The maximum Gasteiger partial charge on any atom is 0.321 e. The number of carbonyl (C=O) groups is 1. The number of nitrogens with one attached hydrogen (secondary N) is 2. The monoisotopic (exact) mass is 317 g/mol. The van der Waals surface area contributed by atoms with Gasteiger partial charge in [-0.3, -0.25) is 4.79 Å². The smallest absolute Gasteiger partial charge is 0.321 e. The van der Waals surface area contributed by atoms with Crippen molar-refractivity contribution in [2.24, 2.45) is 0 Å². The Hall–Kier alpha value is -1.37. The average molecular weight is 318 g/mol. The molecular formula is C11H16BrN3O3. The van der Waals surface area contributed by atoms with Crippen LogP contribution in [-0.4, -0.2) is 26.7 Å². The van der Waals surface area contributed by atoms with Gasteiger partial charge in [0.05, 0.1) is 0 Å². The molecule has 2 N–H and O–H groups in total. The van der Waals surface area contributed by atoms with Gasteiger partial charge in [-0.25, -0.2) is 4.98 Å². The summed E-state index contributed by atoms with van der Waals surface area (Å²) in [6, 6.07) is 2.69. The molecule has 0 saturated carbocycles. The number of hydrogen-bond donors (Lipinski definition) is 2. The molecule has 0 saturated heterocycles. The highest BCUT2D eigenvalue weighted by atomic mass is 79.9. The lowest BCUT2D eigenvalue weighted by atomic mass is 9.95. The van der Waals surface area contributed by atoms with Crippen molar-refractivity contribution < 1.29 is 9.72 Å². The first-order valence-electron chi connectivity index (χ1n) is 5.70. The van der Waals surface area contributed by atoms with Gasteiger partial charge in [-0.05, 0) is 23.8 Å². The van der Waals surface area contributed by atoms with E-state index in [1.807, 2.05) is 13.8 Å². The molecule has 0 aliphatic carbocycles. The standard InChI is InChI=1S/C11H16BrN3O3/c1-3-11(4-2,7-12)14-10(16)8-5-6-9(13-8)15(17)18/h5-6,13H,3-4,7H2,1-2H3,(H,14,16). The van der Waals surface area contributed by atoms with Gasteiger partial charge in [0.1, 0.15) is 0 Å². The van der Waals surface area contributed by atoms with E-state index in [4.69, 9.17) is 0 Å². The van der Waals surface area contributed by atoms with Gasteiger partial charge in [-0.1, -0.05) is 29.8 Å². The molecule has 0 aliphatic rings. The minimum atomic E-state index is -0.561. The zero-order valence-electron chi connectivity index (χ0n) is 10.3. The minimum absolute atomic E-state index is 0.183. The number of halogens is 1. The topological polar surface area (TPSA) is 88.0 Å². The molecule has 0 radical (unpaired) electrons. The number of carbonyl (C=O) groups excluding carboxylic acids is 1. The third-order valence-corrected chi connectivity index (χ3v) is 4.17. The Labute approximate surface area is 113 Å². The van der Waals surface area contributed by atoms with Crippen LogP contribution >= 0.6 is 15.9 Å². The molecule has 1 heterocycles. The first-order valence-corrected chi connectivity index (χ1v) is 6.82. The first kappa shape index (κ1) is 14.7. The number of nitro groups is 1. The third kappa shape index (κ3) is 3.10. The van der Waals surface area contributed by atoms with Crippen LogP contribution in [0.15, 0.2) is 12.1 Å². The number of aromatic nitrogens is 1. The maximum atomic E-state index is 12.0. The van der Waals surface area contributed by atoms with E-state index in [1.54, 1.807) is 0 Å². The molecule has 0 aliphatic heterocycles. The van der Waals surface area contributed by atoms with Gasteiger partial charge in [0.2, 0.25) is 0 Å². The SMILES string of the molecule is CCC(CC)(CBr)NC(=O)c1ccc([N+](=O)[O-])[nH]1. The van der Waals surface area contributed by atoms with Gasteiger partial charge in [-0.2, -0.15) is 0 Å². The van der Waals surface area contributed by atoms with Gasteiger partial charge in [0.25, 0.3) is 5.91 Å². The average Bonchev–Trinajstić information content (AvgIpc) is 2.86. The molecule has 0 unspecified atom stereocenters. The molecule has 100 valence electrons. The summed E-state index contributed by atoms with van der Waals surface area (Å²) in [5.74, 6) is -0.510. The van der Waals surface area contributed by atoms with E-state index in [-0.39, 0.29) is 23.0 Å². The Morgan fingerprint density at radius 1 is 1.50 bits per heavy atom. The van der Waals surface area contributed by atoms with Crippen molar-refractivity contribution in [3.05, 3.63) is 27.9 Å². The Morgan fingerprint density at radius 3 is 2.50 bits per heavy atom. The predicted molar refractivity (Wildman–Crippen MR) is 72.0 cm³/mol. The Bertz CT molecular complexity index is 432. The summed E-state index contributed by atoms with van der Waals surface area (Å²) in [6.45, 7) is 3.98. The van der Waals surface area contributed by atoms with Gasteiger partial charge in [-0.15, -0.1) is 0 Å². The Morgan fingerprint density at radius 2 is 2.11 bits per heavy atom. The van der Waals surface area contributed by atoms with Crippen molar-refractivity contribution in [3.63, 3.8) is 0 Å². The van der Waals surface area contributed by atoms with E-state index in [0.717, 1.165) is 12.8 Å². The molecule has 7 heteroatoms. The molecule has 6 nitrogen and oxygen atoms in total. The fourth-order valence-corrected chi connectivity index (χ4v) is 2.51. The lowest BCUT2D eigenvalue weighted by Crippen LogP contribution is -2.49. The van der Waals surface area contributed by atoms with Crippen LogP contribution < -0.4 is 5.32 Å². The molecule has 18 heavy (non-hydrogen) atoms. The van der Waals surface area contributed by atoms with Crippen LogP contribution in [-0.2, 0) is 0 Å². The van der Waals surface area contributed by atoms with E-state index < -0.39 is 4.92 Å². The number of amides is 1. The first-order chi connectivity index (χ1) is 8.48. The van der Waals surface area contributed by atoms with E-state index in [9.17, 15) is 14.9 Å². The number of hydrogen-bond acceptors (Lipinski definition) is 3. The maximum absolute atomic E-state index is 12.0. The molecule has 0 spiro atoms. The van der Waals surface area contributed by atoms with Crippen LogP contribution in [0.2, 0.25) is 0 Å². The quantitative estimate of drug-likeness (QED) is 0.480. The second-order valence-corrected chi connectivity index (χ2v) is 4.65. The summed E-state index contributed by atoms with van der Waals surface area (Å²) < 4.78 is 0. The van der Waals surface area contributed by atoms with Crippen LogP contribution in [0.5, 0.6) is 0 Å². The highest BCUT2D eigenvalue weighted by Gasteiger charge is 2.28. The number of nitrogens with zero attached hydrogens (tertiary/aromatic N) is 1. The number of alkyl halides is 1. The van der Waals surface area contributed by atoms with Gasteiger partial charge in [0.15, 0.2) is 5.69 Å². The second kappa shape index (κ2) is 5.99. The molecular weight excluding hydrogens is 302 g/mol. The highest BCUT2D eigenvalue weighted by Crippen LogP contribution is 2.19. The minimum Gasteiger partial charge on any atom is -0.358 e. The fraction of sp³-hybridized carbons (Fsp3) is 0.545. The van der Waals surface area contributed by atoms with Crippen LogP contribution in [0.1, 0.15) is 37.2 Å². The lowest BCUT2D eigenvalue weighted by Gasteiger charge is -2.30. The molecule has 0 bridgehead atoms. The highest BCUT2D eigenvalue weighted by molar-refractivity contribution is 9.09. The van der Waals surface area contributed by atoms with Crippen molar-refractivity contribution in [1.29, 1.82) is 0 Å². The molecule has 1 aromatic heterocycles. The third-order valence-electron chi connectivity index (χ3n) is 3.10. The van der Waals surface area contributed by atoms with E-state index in [2.05, 4.69) is 26.2 Å². The van der Waals surface area contributed by atoms with Gasteiger partial charge >= 0.3 is 5.82 Å². The summed E-state index contributed by atoms with van der Waals surface area (Å²) in [6.07, 6.45) is 1.56. The predicted octanol–water partition coefficient (Wildman–Crippen LogP) is 2.61. The molecule has 0 aromatic carbocycles. The Balaban J connectivity index is 2.84. The molecule has 0 fully saturated rings. The normalized spacial score (nSPS) is 11.3. The van der Waals surface area contributed by atoms with Crippen LogP contribution in [0, 0.1) is 10.1 Å². The van der Waals surface area contributed by atoms with Crippen LogP contribution in [0.3, 0.4) is 0 Å². The fourth-order valence-electron chi connectivity index (χ4n) is 1.58. The molecule has 1 rings (SSSR count). The second-order valence-electron chi connectivity index (χ2n) is 4.09. The van der Waals surface area contributed by atoms with Crippen molar-refractivity contribution in [3.8, 4) is 0 Å². The van der Waals surface area contributed by atoms with Crippen LogP contribution in [0.4, 0.5) is 5.82 Å². The van der Waals surface area contributed by atoms with E-state index in [0.29, 0.717) is 5.33 Å². The van der Waals surface area contributed by atoms with Crippen LogP contribution in [0.25, 0.3) is 0 Å². The summed E-state index contributed by atoms with van der Waals surface area (Å²) in [5.41, 5.74) is -0.120. The Kier molecular flexibility index (Phi) is 4.89. The van der Waals surface area contributed by atoms with Crippen molar-refractivity contribution in [1.82, 2.24) is 10.3 Å². The van der Waals surface area contributed by atoms with E-state index in [1.165, 1.54) is 12.1 Å². The van der Waals surface area contributed by atoms with Crippen molar-refractivity contribution in [2.75, 3.05) is 5.33 Å². The lowest BCUT2D eigenvalue weighted by molar-refractivity contribution is -0.389. The van der Waals surface area contributed by atoms with Gasteiger partial charge < -0.3 is 15.4 Å². The molecule has 0 atom stereocenters. The summed E-state index contributed by atoms with van der Waals surface area (Å²) in [7, 11) is 0. The number of H-pyrrole nitrogens is 1. The summed E-state index contributed by atoms with van der Waals surface area (Å²) in [4.78, 5) is 24.4. The number of rotatable bonds is 6. The van der Waals surface area contributed by atoms with Crippen molar-refractivity contribution >= 4 is 27.7 Å². The van der Waals surface area contributed by atoms with E-state index >= 15 is 0 Å². The largest absolute Gasteiger partial charge is 0.358 e. The molecule has 1 amide bonds.